The number of carbonyl (C=O) groups excluding carboxylic acids is 3. The van der Waals surface area contributed by atoms with Crippen LogP contribution in [0, 0.1) is 53.7 Å². The van der Waals surface area contributed by atoms with Gasteiger partial charge in [-0.25, -0.2) is 23.0 Å². The summed E-state index contributed by atoms with van der Waals surface area (Å²) in [5.41, 5.74) is 11.1. The fourth-order valence-electron chi connectivity index (χ4n) is 10.3. The van der Waals surface area contributed by atoms with E-state index < -0.39 is 48.1 Å². The Bertz CT molecular complexity index is 4550. The van der Waals surface area contributed by atoms with Crippen LogP contribution in [0.1, 0.15) is 43.7 Å². The molecule has 10 rings (SSSR count). The molecule has 17 nitrogen and oxygen atoms in total. The van der Waals surface area contributed by atoms with Gasteiger partial charge >= 0.3 is 130 Å². The Morgan fingerprint density at radius 3 is 1.61 bits per heavy atom. The molecular weight excluding hydrogens is 1180 g/mol. The maximum absolute atomic E-state index is 13.6. The number of aromatic carboxylic acids is 1. The van der Waals surface area contributed by atoms with E-state index in [9.17, 15) is 45.4 Å². The van der Waals surface area contributed by atoms with Crippen molar-refractivity contribution in [3.05, 3.63) is 214 Å². The number of carboxylic acid groups (broad SMARTS) is 1. The Labute approximate surface area is 591 Å². The van der Waals surface area contributed by atoms with Crippen LogP contribution in [0.25, 0.3) is 55.7 Å². The van der Waals surface area contributed by atoms with Crippen molar-refractivity contribution in [2.75, 3.05) is 26.6 Å². The molecule has 23 heteroatoms. The Morgan fingerprint density at radius 1 is 0.563 bits per heavy atom. The van der Waals surface area contributed by atoms with Crippen molar-refractivity contribution in [3.8, 4) is 44.7 Å². The maximum Gasteiger partial charge on any atom is 1.00 e. The topological polar surface area (TPSA) is 273 Å². The molecule has 0 saturated heterocycles. The van der Waals surface area contributed by atoms with E-state index in [1.807, 2.05) is 75.4 Å². The summed E-state index contributed by atoms with van der Waals surface area (Å²) in [4.78, 5) is 40.2. The molecule has 0 unspecified atom stereocenters. The van der Waals surface area contributed by atoms with E-state index in [1.165, 1.54) is 48.5 Å². The molecule has 0 fully saturated rings. The van der Waals surface area contributed by atoms with E-state index >= 15 is 0 Å². The number of amides is 4. The summed E-state index contributed by atoms with van der Waals surface area (Å²) in [7, 11) is -10.2. The van der Waals surface area contributed by atoms with Crippen LogP contribution >= 0.6 is 0 Å². The van der Waals surface area contributed by atoms with Gasteiger partial charge in [-0.05, 0) is 134 Å². The third-order valence-electron chi connectivity index (χ3n) is 14.2. The van der Waals surface area contributed by atoms with Crippen LogP contribution in [0.5, 0.6) is 0 Å². The van der Waals surface area contributed by atoms with Crippen LogP contribution < -0.4 is 160 Å². The van der Waals surface area contributed by atoms with Gasteiger partial charge in [0.1, 0.15) is 25.7 Å². The summed E-state index contributed by atoms with van der Waals surface area (Å²) in [6, 6.07) is 48.0. The number of aryl methyl sites for hydroxylation is 4. The zero-order valence-electron chi connectivity index (χ0n) is 49.4. The minimum Gasteiger partial charge on any atom is -0.744 e. The molecular formula is C64H51N6Na4O11S2+. The Hall–Kier alpha value is -5.92. The van der Waals surface area contributed by atoms with Gasteiger partial charge in [-0.2, -0.15) is 50.9 Å². The number of urea groups is 2. The Kier molecular flexibility index (Phi) is 23.5. The zero-order valence-corrected chi connectivity index (χ0v) is 59.0. The molecule has 418 valence electrons. The maximum atomic E-state index is 13.6. The average Bonchev–Trinajstić information content (AvgIpc) is 0.808. The molecule has 4 amide bonds. The predicted octanol–water partition coefficient (Wildman–Crippen LogP) is -1.14. The van der Waals surface area contributed by atoms with Gasteiger partial charge in [0.2, 0.25) is 11.0 Å². The van der Waals surface area contributed by atoms with E-state index in [-0.39, 0.29) is 163 Å². The number of hydrogen-bond acceptors (Lipinski definition) is 11. The second-order valence-electron chi connectivity index (χ2n) is 19.9. The smallest absolute Gasteiger partial charge is 0.744 e. The van der Waals surface area contributed by atoms with Gasteiger partial charge in [0, 0.05) is 39.3 Å². The number of anilines is 6. The molecule has 1 aliphatic heterocycles. The molecule has 0 saturated carbocycles. The SMILES string of the molecule is Cc1cc(C)c(Nc2[c-]cc3c(-c4ccccc4S(=O)(=O)O)c4cc(S(=O)(=O)[O-])c(=[NH+]c5c(C)cc(C)c(NC(=O)Nc6ccc(-c7ccc(C(=O)[O-])cc7)cc6)c5C)cc-4oc3c2)c(C)c1NC(=O)Nc1ccc(-c2cc[c-]cc2)cc1.[Na+].[Na+].[Na+].[Na+]. The van der Waals surface area contributed by atoms with E-state index in [0.29, 0.717) is 62.1 Å². The van der Waals surface area contributed by atoms with Crippen LogP contribution in [-0.2, 0) is 20.2 Å². The third-order valence-corrected chi connectivity index (χ3v) is 16.0. The second kappa shape index (κ2) is 29.1. The first kappa shape index (κ1) is 70.2. The van der Waals surface area contributed by atoms with Crippen LogP contribution in [0.4, 0.5) is 49.4 Å². The first-order chi connectivity index (χ1) is 39.5. The molecule has 2 aliphatic rings. The average molecular weight is 1240 g/mol. The number of benzene rings is 9. The summed E-state index contributed by atoms with van der Waals surface area (Å²) >= 11 is 0. The van der Waals surface area contributed by atoms with Crippen LogP contribution in [-0.4, -0.2) is 44.0 Å². The standard InChI is InChI=1S/C64H52N6O11S2.4Na/c1-35-30-37(3)60(69-63(73)66-46-24-20-43(21-25-46)41-12-8-7-9-13-41)39(5)58(35)65-48-28-29-49-53(32-48)81-54-34-52(56(83(78,79)80)33-51(54)57(49)50-14-10-11-15-55(50)82(75,76)77)68-59-36(2)31-38(4)61(40(59)6)70-64(74)67-47-26-22-44(23-27-47)42-16-18-45(19-17-42)62(71)72;;;;/h8-27,29-34,65H,1-6H3,(H,71,72)(H2,66,69,73)(H2,67,70,74)(H,75,76,77)(H,78,79,80);;;;/q-2;4*+1/p-1. The van der Waals surface area contributed by atoms with Crippen molar-refractivity contribution in [1.82, 2.24) is 0 Å². The van der Waals surface area contributed by atoms with E-state index in [1.54, 1.807) is 69.3 Å². The molecule has 0 bridgehead atoms. The van der Waals surface area contributed by atoms with Gasteiger partial charge in [-0.1, -0.05) is 89.4 Å². The first-order valence-electron chi connectivity index (χ1n) is 25.7. The molecule has 0 spiro atoms. The van der Waals surface area contributed by atoms with Crippen LogP contribution in [0.3, 0.4) is 0 Å². The number of nitrogens with one attached hydrogen (secondary N) is 6. The van der Waals surface area contributed by atoms with Gasteiger partial charge in [-0.3, -0.25) is 4.55 Å². The summed E-state index contributed by atoms with van der Waals surface area (Å²) in [6.07, 6.45) is 0. The first-order valence-corrected chi connectivity index (χ1v) is 28.6. The van der Waals surface area contributed by atoms with Gasteiger partial charge in [-0.15, -0.1) is 11.6 Å². The predicted molar refractivity (Wildman–Crippen MR) is 315 cm³/mol. The van der Waals surface area contributed by atoms with Crippen LogP contribution in [0.2, 0.25) is 0 Å². The van der Waals surface area contributed by atoms with Crippen molar-refractivity contribution in [2.45, 2.75) is 51.3 Å². The zero-order chi connectivity index (χ0) is 59.1. The van der Waals surface area contributed by atoms with Crippen molar-refractivity contribution in [3.63, 3.8) is 0 Å². The Balaban J connectivity index is 0.00000302. The molecule has 8 aromatic carbocycles. The molecule has 8 aromatic rings. The summed E-state index contributed by atoms with van der Waals surface area (Å²) in [6.45, 7) is 10.9. The van der Waals surface area contributed by atoms with E-state index in [2.05, 4.69) is 43.7 Å². The monoisotopic (exact) mass is 1240 g/mol. The van der Waals surface area contributed by atoms with Crippen LogP contribution in [0.15, 0.2) is 172 Å². The minimum absolute atomic E-state index is 0. The summed E-state index contributed by atoms with van der Waals surface area (Å²) < 4.78 is 83.4. The van der Waals surface area contributed by atoms with Crippen molar-refractivity contribution in [1.29, 1.82) is 0 Å². The normalized spacial score (nSPS) is 11.3. The van der Waals surface area contributed by atoms with E-state index in [0.717, 1.165) is 39.4 Å². The Morgan fingerprint density at radius 2 is 1.07 bits per heavy atom. The molecule has 0 radical (unpaired) electrons. The minimum atomic E-state index is -5.33. The number of hydrogen-bond donors (Lipinski definition) is 7. The van der Waals surface area contributed by atoms with Crippen molar-refractivity contribution >= 4 is 89.0 Å². The molecule has 1 heterocycles. The molecule has 0 aromatic heterocycles. The van der Waals surface area contributed by atoms with Gasteiger partial charge in [0.15, 0.2) is 0 Å². The van der Waals surface area contributed by atoms with Crippen molar-refractivity contribution < 1.29 is 173 Å². The van der Waals surface area contributed by atoms with E-state index in [4.69, 9.17) is 4.42 Å². The summed E-state index contributed by atoms with van der Waals surface area (Å²) in [5.74, 6) is -1.29. The van der Waals surface area contributed by atoms with Crippen molar-refractivity contribution in [2.24, 2.45) is 0 Å². The summed E-state index contributed by atoms with van der Waals surface area (Å²) in [5, 5.41) is 26.3. The molecule has 1 aliphatic carbocycles. The molecule has 7 N–H and O–H groups in total. The molecule has 87 heavy (non-hydrogen) atoms. The largest absolute Gasteiger partial charge is 1.00 e. The quantitative estimate of drug-likeness (QED) is 0.0313. The third kappa shape index (κ3) is 15.7. The fraction of sp³-hybridized carbons (Fsp3) is 0.0938. The fourth-order valence-corrected chi connectivity index (χ4v) is 11.6. The second-order valence-corrected chi connectivity index (χ2v) is 22.6. The number of fused-ring (bicyclic) bond motifs is 2. The number of carbonyl (C=O) groups is 3. The van der Waals surface area contributed by atoms with Gasteiger partial charge in [0.05, 0.1) is 23.4 Å². The number of carboxylic acids is 1. The molecule has 0 atom stereocenters. The number of rotatable bonds is 13. The van der Waals surface area contributed by atoms with Gasteiger partial charge < -0.3 is 45.5 Å². The van der Waals surface area contributed by atoms with Gasteiger partial charge in [0.25, 0.3) is 10.1 Å².